The normalized spacial score (nSPS) is 10.9. The van der Waals surface area contributed by atoms with Crippen molar-refractivity contribution in [3.05, 3.63) is 54.1 Å². The van der Waals surface area contributed by atoms with Crippen LogP contribution in [0.4, 0.5) is 0 Å². The van der Waals surface area contributed by atoms with Crippen molar-refractivity contribution in [2.24, 2.45) is 0 Å². The van der Waals surface area contributed by atoms with Gasteiger partial charge in [0.05, 0.1) is 0 Å². The predicted octanol–water partition coefficient (Wildman–Crippen LogP) is 2.26. The number of benzene rings is 2. The average Bonchev–Trinajstić information content (AvgIpc) is 2.74. The first kappa shape index (κ1) is 11.0. The molecule has 3 heteroatoms. The van der Waals surface area contributed by atoms with Crippen molar-refractivity contribution in [2.75, 3.05) is 0 Å². The summed E-state index contributed by atoms with van der Waals surface area (Å²) in [4.78, 5) is 4.70. The van der Waals surface area contributed by atoms with Crippen LogP contribution in [0.1, 0.15) is 5.56 Å². The predicted molar refractivity (Wildman–Crippen MR) is 75.8 cm³/mol. The Morgan fingerprint density at radius 3 is 2.59 bits per heavy atom. The van der Waals surface area contributed by atoms with Gasteiger partial charge < -0.3 is 0 Å². The van der Waals surface area contributed by atoms with Crippen LogP contribution in [0.3, 0.4) is 0 Å². The van der Waals surface area contributed by atoms with E-state index in [0.29, 0.717) is 15.0 Å². The Labute approximate surface area is 111 Å². The molecule has 0 unspecified atom stereocenters. The van der Waals surface area contributed by atoms with Crippen LogP contribution < -0.4 is 8.37 Å². The number of hydrogen-bond acceptors (Lipinski definition) is 2. The number of hydrogen-bond donors (Lipinski definition) is 0. The summed E-state index contributed by atoms with van der Waals surface area (Å²) in [5.41, 5.74) is 2.50. The van der Waals surface area contributed by atoms with Gasteiger partial charge in [0.2, 0.25) is 0 Å². The molecule has 1 heterocycles. The minimum atomic E-state index is 0.328. The molecule has 0 aliphatic carbocycles. The fraction of sp³-hybridized carbons (Fsp3) is 0.0714. The third-order valence-corrected chi connectivity index (χ3v) is 6.33. The van der Waals surface area contributed by atoms with E-state index in [0.717, 1.165) is 5.52 Å². The zero-order chi connectivity index (χ0) is 11.7. The molecular formula is C14H11NSSe. The summed E-state index contributed by atoms with van der Waals surface area (Å²) in [5, 5.41) is 0. The van der Waals surface area contributed by atoms with Gasteiger partial charge in [0, 0.05) is 0 Å². The Balaban J connectivity index is 1.98. The maximum atomic E-state index is 4.70. The summed E-state index contributed by atoms with van der Waals surface area (Å²) in [6.45, 7) is 2.17. The van der Waals surface area contributed by atoms with Crippen molar-refractivity contribution in [3.8, 4) is 0 Å². The summed E-state index contributed by atoms with van der Waals surface area (Å²) < 4.78 is 3.98. The summed E-state index contributed by atoms with van der Waals surface area (Å²) in [6.07, 6.45) is 0. The molecule has 2 aromatic carbocycles. The van der Waals surface area contributed by atoms with Gasteiger partial charge in [-0.3, -0.25) is 0 Å². The number of thiazole rings is 1. The summed E-state index contributed by atoms with van der Waals surface area (Å²) in [6, 6.07) is 16.9. The molecule has 0 radical (unpaired) electrons. The molecule has 0 aliphatic heterocycles. The molecular weight excluding hydrogens is 293 g/mol. The van der Waals surface area contributed by atoms with Gasteiger partial charge in [-0.15, -0.1) is 0 Å². The van der Waals surface area contributed by atoms with Gasteiger partial charge in [0.1, 0.15) is 0 Å². The zero-order valence-electron chi connectivity index (χ0n) is 9.38. The first-order chi connectivity index (χ1) is 8.33. The van der Waals surface area contributed by atoms with Crippen LogP contribution in [0.15, 0.2) is 48.5 Å². The third-order valence-electron chi connectivity index (χ3n) is 2.57. The second-order valence-electron chi connectivity index (χ2n) is 3.82. The molecule has 0 aliphatic rings. The van der Waals surface area contributed by atoms with Crippen LogP contribution in [-0.4, -0.2) is 19.9 Å². The molecule has 0 fully saturated rings. The molecule has 17 heavy (non-hydrogen) atoms. The van der Waals surface area contributed by atoms with Gasteiger partial charge in [-0.1, -0.05) is 0 Å². The van der Waals surface area contributed by atoms with E-state index in [1.807, 2.05) is 17.4 Å². The SMILES string of the molecule is Cc1ccccc1[Se]c1nc2ccccc2s1. The van der Waals surface area contributed by atoms with Crippen LogP contribution in [0, 0.1) is 6.92 Å². The zero-order valence-corrected chi connectivity index (χ0v) is 11.9. The number of nitrogens with zero attached hydrogens (tertiary/aromatic N) is 1. The summed E-state index contributed by atoms with van der Waals surface area (Å²) in [7, 11) is 0. The van der Waals surface area contributed by atoms with Crippen LogP contribution in [0.25, 0.3) is 10.2 Å². The Bertz CT molecular complexity index is 627. The molecule has 1 nitrogen and oxygen atoms in total. The number of aryl methyl sites for hydroxylation is 1. The van der Waals surface area contributed by atoms with Gasteiger partial charge in [0.25, 0.3) is 0 Å². The molecule has 0 bridgehead atoms. The number of aromatic nitrogens is 1. The molecule has 0 N–H and O–H groups in total. The van der Waals surface area contributed by atoms with Crippen molar-refractivity contribution in [1.29, 1.82) is 0 Å². The molecule has 0 amide bonds. The third kappa shape index (κ3) is 2.27. The van der Waals surface area contributed by atoms with Crippen molar-refractivity contribution < 1.29 is 0 Å². The minimum absolute atomic E-state index is 0.328. The molecule has 0 saturated heterocycles. The Morgan fingerprint density at radius 1 is 1.00 bits per heavy atom. The maximum absolute atomic E-state index is 4.70. The van der Waals surface area contributed by atoms with E-state index in [2.05, 4.69) is 49.4 Å². The van der Waals surface area contributed by atoms with Crippen molar-refractivity contribution in [2.45, 2.75) is 6.92 Å². The molecule has 84 valence electrons. The van der Waals surface area contributed by atoms with Crippen LogP contribution in [-0.2, 0) is 0 Å². The summed E-state index contributed by atoms with van der Waals surface area (Å²) >= 11 is 2.15. The summed E-state index contributed by atoms with van der Waals surface area (Å²) in [5.74, 6) is 0. The van der Waals surface area contributed by atoms with E-state index in [-0.39, 0.29) is 0 Å². The van der Waals surface area contributed by atoms with Crippen molar-refractivity contribution >= 4 is 44.9 Å². The van der Waals surface area contributed by atoms with E-state index in [4.69, 9.17) is 4.98 Å². The molecule has 0 atom stereocenters. The second kappa shape index (κ2) is 4.61. The number of rotatable bonds is 2. The van der Waals surface area contributed by atoms with Gasteiger partial charge in [-0.2, -0.15) is 0 Å². The van der Waals surface area contributed by atoms with E-state index >= 15 is 0 Å². The van der Waals surface area contributed by atoms with E-state index in [9.17, 15) is 0 Å². The Kier molecular flexibility index (Phi) is 2.98. The molecule has 1 aromatic heterocycles. The molecule has 3 rings (SSSR count). The quantitative estimate of drug-likeness (QED) is 0.662. The van der Waals surface area contributed by atoms with Crippen molar-refractivity contribution in [1.82, 2.24) is 4.98 Å². The fourth-order valence-corrected chi connectivity index (χ4v) is 5.18. The number of fused-ring (bicyclic) bond motifs is 1. The molecule has 0 spiro atoms. The Morgan fingerprint density at radius 2 is 1.76 bits per heavy atom. The molecule has 0 saturated carbocycles. The monoisotopic (exact) mass is 305 g/mol. The topological polar surface area (TPSA) is 12.9 Å². The van der Waals surface area contributed by atoms with Gasteiger partial charge in [-0.05, 0) is 0 Å². The van der Waals surface area contributed by atoms with Crippen molar-refractivity contribution in [3.63, 3.8) is 0 Å². The van der Waals surface area contributed by atoms with Gasteiger partial charge in [0.15, 0.2) is 0 Å². The number of para-hydroxylation sites is 1. The van der Waals surface area contributed by atoms with E-state index in [1.165, 1.54) is 18.6 Å². The van der Waals surface area contributed by atoms with Crippen LogP contribution in [0.5, 0.6) is 0 Å². The van der Waals surface area contributed by atoms with Gasteiger partial charge >= 0.3 is 111 Å². The first-order valence-corrected chi connectivity index (χ1v) is 7.95. The second-order valence-corrected chi connectivity index (χ2v) is 7.59. The van der Waals surface area contributed by atoms with E-state index < -0.39 is 0 Å². The van der Waals surface area contributed by atoms with E-state index in [1.54, 1.807) is 0 Å². The Hall–Kier alpha value is -1.15. The first-order valence-electron chi connectivity index (χ1n) is 5.42. The fourth-order valence-electron chi connectivity index (χ4n) is 1.66. The standard InChI is InChI=1S/C14H11NSSe/c1-10-6-2-5-9-13(10)17-14-15-11-7-3-4-8-12(11)16-14/h2-9H,1H3. The van der Waals surface area contributed by atoms with Crippen LogP contribution in [0.2, 0.25) is 0 Å². The molecule has 3 aromatic rings. The van der Waals surface area contributed by atoms with Gasteiger partial charge in [-0.25, -0.2) is 0 Å². The van der Waals surface area contributed by atoms with Crippen LogP contribution >= 0.6 is 11.3 Å². The average molecular weight is 304 g/mol.